The highest BCUT2D eigenvalue weighted by Gasteiger charge is 2.21. The molecule has 2 rings (SSSR count). The SMILES string of the molecule is CC(C)(C)c1ccc(C(Cl)c2sccc2Cl)s1. The first-order valence-corrected chi connectivity index (χ1v) is 7.88. The molecule has 2 aromatic rings. The number of rotatable bonds is 2. The molecular formula is C13H14Cl2S2. The molecule has 0 aliphatic heterocycles. The molecule has 0 bridgehead atoms. The molecule has 1 unspecified atom stereocenters. The van der Waals surface area contributed by atoms with Gasteiger partial charge < -0.3 is 0 Å². The highest BCUT2D eigenvalue weighted by Crippen LogP contribution is 2.41. The normalized spacial score (nSPS) is 13.9. The smallest absolute Gasteiger partial charge is 0.103 e. The quantitative estimate of drug-likeness (QED) is 0.589. The monoisotopic (exact) mass is 304 g/mol. The van der Waals surface area contributed by atoms with Crippen molar-refractivity contribution in [1.82, 2.24) is 0 Å². The van der Waals surface area contributed by atoms with Crippen molar-refractivity contribution in [1.29, 1.82) is 0 Å². The van der Waals surface area contributed by atoms with Crippen molar-refractivity contribution in [2.75, 3.05) is 0 Å². The van der Waals surface area contributed by atoms with Crippen LogP contribution < -0.4 is 0 Å². The largest absolute Gasteiger partial charge is 0.145 e. The summed E-state index contributed by atoms with van der Waals surface area (Å²) in [6.07, 6.45) is 0. The Morgan fingerprint density at radius 1 is 1.18 bits per heavy atom. The van der Waals surface area contributed by atoms with Gasteiger partial charge in [-0.1, -0.05) is 32.4 Å². The molecule has 0 fully saturated rings. The molecule has 0 aromatic carbocycles. The van der Waals surface area contributed by atoms with E-state index in [9.17, 15) is 0 Å². The summed E-state index contributed by atoms with van der Waals surface area (Å²) in [5.74, 6) is 0. The van der Waals surface area contributed by atoms with E-state index in [1.165, 1.54) is 9.75 Å². The molecule has 1 atom stereocenters. The third-order valence-electron chi connectivity index (χ3n) is 2.49. The Morgan fingerprint density at radius 3 is 2.35 bits per heavy atom. The Labute approximate surface area is 120 Å². The summed E-state index contributed by atoms with van der Waals surface area (Å²) in [5, 5.41) is 2.62. The van der Waals surface area contributed by atoms with Crippen molar-refractivity contribution in [3.63, 3.8) is 0 Å². The predicted molar refractivity (Wildman–Crippen MR) is 80.0 cm³/mol. The highest BCUT2D eigenvalue weighted by atomic mass is 35.5. The summed E-state index contributed by atoms with van der Waals surface area (Å²) in [7, 11) is 0. The van der Waals surface area contributed by atoms with E-state index in [1.54, 1.807) is 22.7 Å². The van der Waals surface area contributed by atoms with Gasteiger partial charge in [-0.15, -0.1) is 34.3 Å². The van der Waals surface area contributed by atoms with Crippen LogP contribution in [0.25, 0.3) is 0 Å². The molecular weight excluding hydrogens is 291 g/mol. The van der Waals surface area contributed by atoms with E-state index >= 15 is 0 Å². The molecule has 0 saturated heterocycles. The lowest BCUT2D eigenvalue weighted by Gasteiger charge is -2.15. The Balaban J connectivity index is 2.30. The summed E-state index contributed by atoms with van der Waals surface area (Å²) in [6.45, 7) is 6.64. The molecule has 0 saturated carbocycles. The van der Waals surface area contributed by atoms with Crippen molar-refractivity contribution in [2.45, 2.75) is 31.6 Å². The second-order valence-corrected chi connectivity index (χ2v) is 7.85. The molecule has 2 heterocycles. The predicted octanol–water partition coefficient (Wildman–Crippen LogP) is 6.09. The van der Waals surface area contributed by atoms with Crippen LogP contribution in [0, 0.1) is 0 Å². The number of hydrogen-bond acceptors (Lipinski definition) is 2. The van der Waals surface area contributed by atoms with Gasteiger partial charge in [0.15, 0.2) is 0 Å². The number of thiophene rings is 2. The summed E-state index contributed by atoms with van der Waals surface area (Å²) in [6, 6.07) is 6.17. The van der Waals surface area contributed by atoms with Gasteiger partial charge in [-0.25, -0.2) is 0 Å². The maximum absolute atomic E-state index is 6.48. The zero-order valence-corrected chi connectivity index (χ0v) is 13.1. The molecule has 0 N–H and O–H groups in total. The van der Waals surface area contributed by atoms with Crippen molar-refractivity contribution < 1.29 is 0 Å². The first-order chi connectivity index (χ1) is 7.89. The maximum atomic E-state index is 6.48. The van der Waals surface area contributed by atoms with E-state index in [2.05, 4.69) is 32.9 Å². The number of alkyl halides is 1. The Bertz CT molecular complexity index is 505. The summed E-state index contributed by atoms with van der Waals surface area (Å²) in [4.78, 5) is 3.56. The third kappa shape index (κ3) is 2.87. The van der Waals surface area contributed by atoms with E-state index in [1.807, 2.05) is 11.4 Å². The van der Waals surface area contributed by atoms with Gasteiger partial charge in [0.05, 0.1) is 5.02 Å². The minimum atomic E-state index is -0.122. The van der Waals surface area contributed by atoms with Gasteiger partial charge in [0.2, 0.25) is 0 Å². The van der Waals surface area contributed by atoms with Crippen LogP contribution in [0.15, 0.2) is 23.6 Å². The van der Waals surface area contributed by atoms with E-state index in [-0.39, 0.29) is 10.8 Å². The molecule has 0 nitrogen and oxygen atoms in total. The van der Waals surface area contributed by atoms with Crippen LogP contribution in [-0.4, -0.2) is 0 Å². The zero-order chi connectivity index (χ0) is 12.6. The van der Waals surface area contributed by atoms with Gasteiger partial charge in [-0.3, -0.25) is 0 Å². The minimum absolute atomic E-state index is 0.122. The lowest BCUT2D eigenvalue weighted by atomic mass is 9.95. The summed E-state index contributed by atoms with van der Waals surface area (Å²) >= 11 is 16.0. The third-order valence-corrected chi connectivity index (χ3v) is 6.20. The molecule has 92 valence electrons. The van der Waals surface area contributed by atoms with Crippen molar-refractivity contribution in [3.05, 3.63) is 43.2 Å². The number of hydrogen-bond donors (Lipinski definition) is 0. The van der Waals surface area contributed by atoms with E-state index in [0.29, 0.717) is 0 Å². The second-order valence-electron chi connectivity index (χ2n) is 4.95. The molecule has 17 heavy (non-hydrogen) atoms. The fourth-order valence-corrected chi connectivity index (χ4v) is 4.33. The average Bonchev–Trinajstić information content (AvgIpc) is 2.83. The molecule has 0 aliphatic carbocycles. The molecule has 0 spiro atoms. The standard InChI is InChI=1S/C13H14Cl2S2/c1-13(2,3)10-5-4-9(17-10)11(15)12-8(14)6-7-16-12/h4-7,11H,1-3H3. The zero-order valence-electron chi connectivity index (χ0n) is 9.96. The van der Waals surface area contributed by atoms with E-state index in [4.69, 9.17) is 23.2 Å². The van der Waals surface area contributed by atoms with Crippen LogP contribution in [0.5, 0.6) is 0 Å². The lowest BCUT2D eigenvalue weighted by molar-refractivity contribution is 0.604. The van der Waals surface area contributed by atoms with Crippen LogP contribution in [0.2, 0.25) is 5.02 Å². The van der Waals surface area contributed by atoms with E-state index < -0.39 is 0 Å². The van der Waals surface area contributed by atoms with Crippen LogP contribution >= 0.6 is 45.9 Å². The maximum Gasteiger partial charge on any atom is 0.103 e. The van der Waals surface area contributed by atoms with Gasteiger partial charge >= 0.3 is 0 Å². The minimum Gasteiger partial charge on any atom is -0.145 e. The first kappa shape index (κ1) is 13.4. The average molecular weight is 305 g/mol. The molecule has 0 radical (unpaired) electrons. The molecule has 0 aliphatic rings. The van der Waals surface area contributed by atoms with E-state index in [0.717, 1.165) is 9.90 Å². The first-order valence-electron chi connectivity index (χ1n) is 5.37. The Kier molecular flexibility index (Phi) is 3.89. The van der Waals surface area contributed by atoms with Gasteiger partial charge in [0.25, 0.3) is 0 Å². The van der Waals surface area contributed by atoms with Gasteiger partial charge in [0, 0.05) is 14.6 Å². The van der Waals surface area contributed by atoms with Crippen LogP contribution in [0.1, 0.15) is 40.8 Å². The Morgan fingerprint density at radius 2 is 1.88 bits per heavy atom. The van der Waals surface area contributed by atoms with Gasteiger partial charge in [-0.2, -0.15) is 0 Å². The van der Waals surface area contributed by atoms with Crippen molar-refractivity contribution in [2.24, 2.45) is 0 Å². The fraction of sp³-hybridized carbons (Fsp3) is 0.385. The lowest BCUT2D eigenvalue weighted by Crippen LogP contribution is -2.07. The van der Waals surface area contributed by atoms with Crippen LogP contribution in [0.3, 0.4) is 0 Å². The Hall–Kier alpha value is -0.0200. The highest BCUT2D eigenvalue weighted by molar-refractivity contribution is 7.13. The van der Waals surface area contributed by atoms with Crippen LogP contribution in [0.4, 0.5) is 0 Å². The van der Waals surface area contributed by atoms with Crippen LogP contribution in [-0.2, 0) is 5.41 Å². The molecule has 4 heteroatoms. The second kappa shape index (κ2) is 4.93. The van der Waals surface area contributed by atoms with Gasteiger partial charge in [0.1, 0.15) is 5.38 Å². The summed E-state index contributed by atoms with van der Waals surface area (Å²) in [5.41, 5.74) is 0.179. The number of halogens is 2. The molecule has 2 aromatic heterocycles. The summed E-state index contributed by atoms with van der Waals surface area (Å²) < 4.78 is 0. The fourth-order valence-electron chi connectivity index (χ4n) is 1.51. The topological polar surface area (TPSA) is 0 Å². The van der Waals surface area contributed by atoms with Crippen molar-refractivity contribution in [3.8, 4) is 0 Å². The van der Waals surface area contributed by atoms with Gasteiger partial charge in [-0.05, 0) is 29.0 Å². The van der Waals surface area contributed by atoms with Crippen molar-refractivity contribution >= 4 is 45.9 Å². The molecule has 0 amide bonds.